The van der Waals surface area contributed by atoms with E-state index in [1.165, 1.54) is 0 Å². The molecule has 2 nitrogen and oxygen atoms in total. The molecule has 0 spiro atoms. The summed E-state index contributed by atoms with van der Waals surface area (Å²) in [6.07, 6.45) is 1.69. The lowest BCUT2D eigenvalue weighted by atomic mass is 10.1. The van der Waals surface area contributed by atoms with E-state index in [1.54, 1.807) is 6.26 Å². The van der Waals surface area contributed by atoms with Crippen LogP contribution in [0.3, 0.4) is 0 Å². The second-order valence-corrected chi connectivity index (χ2v) is 3.68. The highest BCUT2D eigenvalue weighted by molar-refractivity contribution is 4.98. The normalized spacial score (nSPS) is 11.9. The second kappa shape index (κ2) is 3.09. The molecule has 0 bridgehead atoms. The zero-order chi connectivity index (χ0) is 8.32. The van der Waals surface area contributed by atoms with Crippen molar-refractivity contribution in [1.82, 2.24) is 5.32 Å². The number of hydrogen-bond donors (Lipinski definition) is 1. The van der Waals surface area contributed by atoms with E-state index in [2.05, 4.69) is 26.1 Å². The minimum Gasteiger partial charge on any atom is -0.468 e. The van der Waals surface area contributed by atoms with Gasteiger partial charge in [0.15, 0.2) is 0 Å². The first-order chi connectivity index (χ1) is 5.08. The van der Waals surface area contributed by atoms with Crippen LogP contribution in [0, 0.1) is 0 Å². The van der Waals surface area contributed by atoms with Gasteiger partial charge in [0.05, 0.1) is 12.8 Å². The maximum absolute atomic E-state index is 5.17. The van der Waals surface area contributed by atoms with Gasteiger partial charge in [0, 0.05) is 5.54 Å². The van der Waals surface area contributed by atoms with Crippen molar-refractivity contribution in [3.05, 3.63) is 24.2 Å². The average molecular weight is 153 g/mol. The van der Waals surface area contributed by atoms with Crippen LogP contribution >= 0.6 is 0 Å². The maximum Gasteiger partial charge on any atom is 0.117 e. The van der Waals surface area contributed by atoms with E-state index in [4.69, 9.17) is 4.42 Å². The molecule has 1 aromatic heterocycles. The summed E-state index contributed by atoms with van der Waals surface area (Å²) in [7, 11) is 0. The summed E-state index contributed by atoms with van der Waals surface area (Å²) >= 11 is 0. The molecule has 0 aliphatic carbocycles. The topological polar surface area (TPSA) is 25.2 Å². The van der Waals surface area contributed by atoms with Gasteiger partial charge in [-0.2, -0.15) is 0 Å². The van der Waals surface area contributed by atoms with Crippen molar-refractivity contribution in [3.8, 4) is 0 Å². The van der Waals surface area contributed by atoms with Gasteiger partial charge in [0.1, 0.15) is 5.76 Å². The van der Waals surface area contributed by atoms with E-state index in [9.17, 15) is 0 Å². The Morgan fingerprint density at radius 3 is 2.64 bits per heavy atom. The predicted molar refractivity (Wildman–Crippen MR) is 45.3 cm³/mol. The Morgan fingerprint density at radius 2 is 2.18 bits per heavy atom. The highest BCUT2D eigenvalue weighted by atomic mass is 16.3. The smallest absolute Gasteiger partial charge is 0.117 e. The summed E-state index contributed by atoms with van der Waals surface area (Å²) in [4.78, 5) is 0. The molecule has 0 saturated carbocycles. The molecule has 1 N–H and O–H groups in total. The van der Waals surface area contributed by atoms with E-state index in [1.807, 2.05) is 12.1 Å². The van der Waals surface area contributed by atoms with Crippen molar-refractivity contribution < 1.29 is 4.42 Å². The lowest BCUT2D eigenvalue weighted by molar-refractivity contribution is 0.388. The van der Waals surface area contributed by atoms with Gasteiger partial charge < -0.3 is 9.73 Å². The van der Waals surface area contributed by atoms with Crippen LogP contribution in [-0.4, -0.2) is 5.54 Å². The van der Waals surface area contributed by atoms with Crippen molar-refractivity contribution in [2.75, 3.05) is 0 Å². The Labute approximate surface area is 67.6 Å². The lowest BCUT2D eigenvalue weighted by Gasteiger charge is -2.19. The molecule has 0 fully saturated rings. The third-order valence-corrected chi connectivity index (χ3v) is 1.37. The summed E-state index contributed by atoms with van der Waals surface area (Å²) in [5.74, 6) is 0.986. The highest BCUT2D eigenvalue weighted by Gasteiger charge is 2.08. The monoisotopic (exact) mass is 153 g/mol. The van der Waals surface area contributed by atoms with Gasteiger partial charge in [-0.25, -0.2) is 0 Å². The van der Waals surface area contributed by atoms with Gasteiger partial charge >= 0.3 is 0 Å². The van der Waals surface area contributed by atoms with Gasteiger partial charge in [-0.15, -0.1) is 0 Å². The fraction of sp³-hybridized carbons (Fsp3) is 0.556. The molecule has 2 heteroatoms. The molecule has 62 valence electrons. The van der Waals surface area contributed by atoms with Gasteiger partial charge in [0.2, 0.25) is 0 Å². The molecule has 0 aliphatic rings. The fourth-order valence-electron chi connectivity index (χ4n) is 0.765. The van der Waals surface area contributed by atoms with Crippen LogP contribution in [0.25, 0.3) is 0 Å². The number of furan rings is 1. The average Bonchev–Trinajstić information content (AvgIpc) is 2.32. The molecule has 0 unspecified atom stereocenters. The van der Waals surface area contributed by atoms with E-state index in [-0.39, 0.29) is 5.54 Å². The summed E-state index contributed by atoms with van der Waals surface area (Å²) in [5, 5.41) is 3.33. The number of hydrogen-bond acceptors (Lipinski definition) is 2. The Balaban J connectivity index is 2.35. The molecule has 0 amide bonds. The lowest BCUT2D eigenvalue weighted by Crippen LogP contribution is -2.34. The maximum atomic E-state index is 5.17. The van der Waals surface area contributed by atoms with Crippen molar-refractivity contribution in [3.63, 3.8) is 0 Å². The second-order valence-electron chi connectivity index (χ2n) is 3.68. The third kappa shape index (κ3) is 3.23. The molecule has 0 saturated heterocycles. The van der Waals surface area contributed by atoms with Crippen molar-refractivity contribution in [2.45, 2.75) is 32.9 Å². The Morgan fingerprint density at radius 1 is 1.45 bits per heavy atom. The molecule has 0 aliphatic heterocycles. The molecule has 0 atom stereocenters. The van der Waals surface area contributed by atoms with Crippen molar-refractivity contribution >= 4 is 0 Å². The van der Waals surface area contributed by atoms with Crippen molar-refractivity contribution in [1.29, 1.82) is 0 Å². The largest absolute Gasteiger partial charge is 0.468 e. The van der Waals surface area contributed by atoms with Crippen LogP contribution in [0.1, 0.15) is 26.5 Å². The summed E-state index contributed by atoms with van der Waals surface area (Å²) < 4.78 is 5.17. The molecule has 11 heavy (non-hydrogen) atoms. The van der Waals surface area contributed by atoms with Gasteiger partial charge in [-0.1, -0.05) is 0 Å². The first-order valence-corrected chi connectivity index (χ1v) is 3.85. The van der Waals surface area contributed by atoms with Crippen LogP contribution in [0.5, 0.6) is 0 Å². The fourth-order valence-corrected chi connectivity index (χ4v) is 0.765. The minimum absolute atomic E-state index is 0.160. The first-order valence-electron chi connectivity index (χ1n) is 3.85. The van der Waals surface area contributed by atoms with Crippen LogP contribution in [-0.2, 0) is 6.54 Å². The SMILES string of the molecule is CC(C)(C)NCc1ccco1. The molecular weight excluding hydrogens is 138 g/mol. The van der Waals surface area contributed by atoms with E-state index in [0.717, 1.165) is 12.3 Å². The number of rotatable bonds is 2. The van der Waals surface area contributed by atoms with Gasteiger partial charge in [-0.3, -0.25) is 0 Å². The standard InChI is InChI=1S/C9H15NO/c1-9(2,3)10-7-8-5-4-6-11-8/h4-6,10H,7H2,1-3H3. The van der Waals surface area contributed by atoms with E-state index < -0.39 is 0 Å². The zero-order valence-electron chi connectivity index (χ0n) is 7.35. The minimum atomic E-state index is 0.160. The predicted octanol–water partition coefficient (Wildman–Crippen LogP) is 2.17. The van der Waals surface area contributed by atoms with Crippen LogP contribution in [0.2, 0.25) is 0 Å². The molecule has 1 rings (SSSR count). The van der Waals surface area contributed by atoms with Gasteiger partial charge in [-0.05, 0) is 32.9 Å². The summed E-state index contributed by atoms with van der Waals surface area (Å²) in [6, 6.07) is 3.87. The Bertz CT molecular complexity index is 196. The zero-order valence-corrected chi connectivity index (χ0v) is 7.35. The van der Waals surface area contributed by atoms with E-state index in [0.29, 0.717) is 0 Å². The van der Waals surface area contributed by atoms with Gasteiger partial charge in [0.25, 0.3) is 0 Å². The summed E-state index contributed by atoms with van der Waals surface area (Å²) in [5.41, 5.74) is 0.160. The quantitative estimate of drug-likeness (QED) is 0.704. The molecule has 0 radical (unpaired) electrons. The molecule has 0 aromatic carbocycles. The molecule has 1 aromatic rings. The highest BCUT2D eigenvalue weighted by Crippen LogP contribution is 2.03. The van der Waals surface area contributed by atoms with Crippen molar-refractivity contribution in [2.24, 2.45) is 0 Å². The van der Waals surface area contributed by atoms with Crippen LogP contribution < -0.4 is 5.32 Å². The Kier molecular flexibility index (Phi) is 2.35. The van der Waals surface area contributed by atoms with Crippen LogP contribution in [0.4, 0.5) is 0 Å². The summed E-state index contributed by atoms with van der Waals surface area (Å²) in [6.45, 7) is 7.21. The molecular formula is C9H15NO. The number of nitrogens with one attached hydrogen (secondary N) is 1. The molecule has 1 heterocycles. The first kappa shape index (κ1) is 8.34. The Hall–Kier alpha value is -0.760. The van der Waals surface area contributed by atoms with E-state index >= 15 is 0 Å². The third-order valence-electron chi connectivity index (χ3n) is 1.37. The van der Waals surface area contributed by atoms with Crippen LogP contribution in [0.15, 0.2) is 22.8 Å².